The van der Waals surface area contributed by atoms with Gasteiger partial charge < -0.3 is 4.42 Å². The summed E-state index contributed by atoms with van der Waals surface area (Å²) >= 11 is 1.91. The number of benzene rings is 9. The van der Waals surface area contributed by atoms with Crippen molar-refractivity contribution in [2.45, 2.75) is 0 Å². The quantitative estimate of drug-likeness (QED) is 0.172. The average molecular weight is 705 g/mol. The molecule has 250 valence electrons. The number of rotatable bonds is 3. The minimum absolute atomic E-state index is 0.547. The molecule has 0 saturated carbocycles. The van der Waals surface area contributed by atoms with Crippen LogP contribution < -0.4 is 0 Å². The molecule has 4 heteroatoms. The van der Waals surface area contributed by atoms with Crippen molar-refractivity contribution in [1.29, 1.82) is 0 Å². The van der Waals surface area contributed by atoms with Gasteiger partial charge in [-0.15, -0.1) is 11.3 Å². The van der Waals surface area contributed by atoms with Crippen LogP contribution in [0.1, 0.15) is 0 Å². The first kappa shape index (κ1) is 29.7. The Morgan fingerprint density at radius 3 is 1.80 bits per heavy atom. The Bertz CT molecular complexity index is 3490. The number of furan rings is 1. The van der Waals surface area contributed by atoms with Gasteiger partial charge in [0.2, 0.25) is 5.71 Å². The molecule has 0 aliphatic carbocycles. The van der Waals surface area contributed by atoms with E-state index in [1.807, 2.05) is 47.7 Å². The molecular weight excluding hydrogens is 677 g/mol. The third-order valence-electron chi connectivity index (χ3n) is 11.0. The van der Waals surface area contributed by atoms with Crippen molar-refractivity contribution in [3.05, 3.63) is 170 Å². The predicted molar refractivity (Wildman–Crippen MR) is 229 cm³/mol. The van der Waals surface area contributed by atoms with Gasteiger partial charge in [-0.2, -0.15) is 0 Å². The lowest BCUT2D eigenvalue weighted by molar-refractivity contribution is 0.653. The van der Waals surface area contributed by atoms with Gasteiger partial charge in [0.1, 0.15) is 16.8 Å². The SMILES string of the molecule is c1ccc(-c2nc3oc4ccccc4c3nc2-c2ccc(-c3cc4ccccc4c4c5ccccc5c5c6cc7ccccc7cc6sc5c34)cc2)cc1. The molecule has 0 N–H and O–H groups in total. The van der Waals surface area contributed by atoms with Gasteiger partial charge in [0, 0.05) is 42.1 Å². The van der Waals surface area contributed by atoms with Gasteiger partial charge in [-0.3, -0.25) is 0 Å². The van der Waals surface area contributed by atoms with Crippen LogP contribution in [0.2, 0.25) is 0 Å². The summed E-state index contributed by atoms with van der Waals surface area (Å²) in [5.41, 5.74) is 8.14. The minimum Gasteiger partial charge on any atom is -0.436 e. The molecule has 0 bridgehead atoms. The van der Waals surface area contributed by atoms with E-state index in [0.717, 1.165) is 44.6 Å². The van der Waals surface area contributed by atoms with Crippen molar-refractivity contribution < 1.29 is 4.42 Å². The van der Waals surface area contributed by atoms with Crippen molar-refractivity contribution in [3.63, 3.8) is 0 Å². The molecular formula is C50H28N2OS. The van der Waals surface area contributed by atoms with Gasteiger partial charge in [-0.05, 0) is 79.2 Å². The van der Waals surface area contributed by atoms with E-state index in [-0.39, 0.29) is 0 Å². The lowest BCUT2D eigenvalue weighted by atomic mass is 9.88. The topological polar surface area (TPSA) is 38.9 Å². The second-order valence-electron chi connectivity index (χ2n) is 14.1. The Labute approximate surface area is 313 Å². The highest BCUT2D eigenvalue weighted by Crippen LogP contribution is 2.50. The van der Waals surface area contributed by atoms with Crippen LogP contribution in [0.4, 0.5) is 0 Å². The van der Waals surface area contributed by atoms with Crippen LogP contribution in [-0.4, -0.2) is 9.97 Å². The molecule has 0 radical (unpaired) electrons. The zero-order valence-corrected chi connectivity index (χ0v) is 29.7. The Hall–Kier alpha value is -6.88. The van der Waals surface area contributed by atoms with Crippen LogP contribution in [0.3, 0.4) is 0 Å². The summed E-state index contributed by atoms with van der Waals surface area (Å²) in [5.74, 6) is 0. The summed E-state index contributed by atoms with van der Waals surface area (Å²) in [6.45, 7) is 0. The number of fused-ring (bicyclic) bond motifs is 14. The molecule has 12 aromatic rings. The van der Waals surface area contributed by atoms with E-state index < -0.39 is 0 Å². The molecule has 0 spiro atoms. The second kappa shape index (κ2) is 11.3. The number of hydrogen-bond acceptors (Lipinski definition) is 4. The number of aromatic nitrogens is 2. The highest BCUT2D eigenvalue weighted by molar-refractivity contribution is 7.27. The molecule has 0 saturated heterocycles. The Balaban J connectivity index is 1.14. The Morgan fingerprint density at radius 2 is 1.00 bits per heavy atom. The molecule has 54 heavy (non-hydrogen) atoms. The van der Waals surface area contributed by atoms with E-state index >= 15 is 0 Å². The highest BCUT2D eigenvalue weighted by atomic mass is 32.1. The standard InChI is InChI=1S/C50H28N2OS/c1-2-12-30(13-3-1)47-46(51-48-38-20-10-11-21-41(38)53-50(48)52-47)31-24-22-29(23-25-31)39-27-34-16-6-7-17-35(34)43-36-18-8-9-19-37(36)44-40-26-32-14-4-5-15-33(32)28-42(40)54-49(44)45(39)43/h1-28H. The summed E-state index contributed by atoms with van der Waals surface area (Å²) in [6, 6.07) is 60.9. The van der Waals surface area contributed by atoms with Crippen molar-refractivity contribution in [2.75, 3.05) is 0 Å². The van der Waals surface area contributed by atoms with Crippen LogP contribution in [0.15, 0.2) is 174 Å². The molecule has 3 aromatic heterocycles. The van der Waals surface area contributed by atoms with Crippen molar-refractivity contribution in [1.82, 2.24) is 9.97 Å². The fourth-order valence-electron chi connectivity index (χ4n) is 8.56. The molecule has 0 fully saturated rings. The maximum atomic E-state index is 6.20. The Morgan fingerprint density at radius 1 is 0.407 bits per heavy atom. The van der Waals surface area contributed by atoms with Crippen molar-refractivity contribution in [3.8, 4) is 33.6 Å². The van der Waals surface area contributed by atoms with E-state index in [4.69, 9.17) is 14.4 Å². The molecule has 3 heterocycles. The van der Waals surface area contributed by atoms with Gasteiger partial charge in [-0.25, -0.2) is 9.97 Å². The molecule has 12 rings (SSSR count). The van der Waals surface area contributed by atoms with Crippen LogP contribution in [0.5, 0.6) is 0 Å². The first-order chi connectivity index (χ1) is 26.8. The first-order valence-corrected chi connectivity index (χ1v) is 19.1. The van der Waals surface area contributed by atoms with Crippen LogP contribution in [-0.2, 0) is 0 Å². The van der Waals surface area contributed by atoms with Crippen molar-refractivity contribution in [2.24, 2.45) is 0 Å². The normalized spacial score (nSPS) is 12.1. The van der Waals surface area contributed by atoms with Crippen molar-refractivity contribution >= 4 is 96.8 Å². The van der Waals surface area contributed by atoms with Crippen LogP contribution >= 0.6 is 11.3 Å². The summed E-state index contributed by atoms with van der Waals surface area (Å²) in [7, 11) is 0. The average Bonchev–Trinajstić information content (AvgIpc) is 3.80. The van der Waals surface area contributed by atoms with E-state index in [0.29, 0.717) is 5.71 Å². The summed E-state index contributed by atoms with van der Waals surface area (Å²) in [6.07, 6.45) is 0. The minimum atomic E-state index is 0.547. The maximum absolute atomic E-state index is 6.20. The van der Waals surface area contributed by atoms with Crippen LogP contribution in [0, 0.1) is 0 Å². The van der Waals surface area contributed by atoms with E-state index in [2.05, 4.69) is 133 Å². The zero-order valence-electron chi connectivity index (χ0n) is 28.9. The van der Waals surface area contributed by atoms with Gasteiger partial charge >= 0.3 is 0 Å². The summed E-state index contributed by atoms with van der Waals surface area (Å²) in [5, 5.41) is 13.8. The van der Waals surface area contributed by atoms with Crippen LogP contribution in [0.25, 0.3) is 119 Å². The molecule has 3 nitrogen and oxygen atoms in total. The summed E-state index contributed by atoms with van der Waals surface area (Å²) in [4.78, 5) is 10.4. The van der Waals surface area contributed by atoms with Gasteiger partial charge in [0.05, 0.1) is 5.69 Å². The van der Waals surface area contributed by atoms with Gasteiger partial charge in [-0.1, -0.05) is 140 Å². The first-order valence-electron chi connectivity index (χ1n) is 18.2. The molecule has 0 atom stereocenters. The smallest absolute Gasteiger partial charge is 0.246 e. The van der Waals surface area contributed by atoms with E-state index in [9.17, 15) is 0 Å². The number of nitrogens with zero attached hydrogens (tertiary/aromatic N) is 2. The number of para-hydroxylation sites is 1. The maximum Gasteiger partial charge on any atom is 0.246 e. The molecule has 0 aliphatic heterocycles. The van der Waals surface area contributed by atoms with Gasteiger partial charge in [0.15, 0.2) is 0 Å². The predicted octanol–water partition coefficient (Wildman–Crippen LogP) is 14.4. The lowest BCUT2D eigenvalue weighted by Crippen LogP contribution is -1.94. The van der Waals surface area contributed by atoms with E-state index in [1.165, 1.54) is 68.8 Å². The zero-order chi connectivity index (χ0) is 35.3. The molecule has 0 amide bonds. The number of hydrogen-bond donors (Lipinski definition) is 0. The lowest BCUT2D eigenvalue weighted by Gasteiger charge is -2.16. The molecule has 0 unspecified atom stereocenters. The second-order valence-corrected chi connectivity index (χ2v) is 15.1. The summed E-state index contributed by atoms with van der Waals surface area (Å²) < 4.78 is 8.83. The highest BCUT2D eigenvalue weighted by Gasteiger charge is 2.21. The largest absolute Gasteiger partial charge is 0.436 e. The molecule has 0 aliphatic rings. The fraction of sp³-hybridized carbons (Fsp3) is 0. The fourth-order valence-corrected chi connectivity index (χ4v) is 9.88. The van der Waals surface area contributed by atoms with E-state index in [1.54, 1.807) is 0 Å². The monoisotopic (exact) mass is 704 g/mol. The third-order valence-corrected chi connectivity index (χ3v) is 12.2. The number of thiophene rings is 1. The van der Waals surface area contributed by atoms with Gasteiger partial charge in [0.25, 0.3) is 0 Å². The third kappa shape index (κ3) is 4.29. The molecule has 9 aromatic carbocycles. The Kier molecular flexibility index (Phi) is 6.21.